The molecule has 1 aliphatic carbocycles. The van der Waals surface area contributed by atoms with Gasteiger partial charge >= 0.3 is 5.97 Å². The Morgan fingerprint density at radius 3 is 2.54 bits per heavy atom. The van der Waals surface area contributed by atoms with Gasteiger partial charge in [-0.3, -0.25) is 4.79 Å². The average Bonchev–Trinajstić information content (AvgIpc) is 2.26. The molecule has 1 fully saturated rings. The van der Waals surface area contributed by atoms with Crippen LogP contribution in [-0.2, 0) is 9.59 Å². The van der Waals surface area contributed by atoms with Crippen molar-refractivity contribution in [2.24, 2.45) is 23.7 Å². The van der Waals surface area contributed by atoms with Gasteiger partial charge in [-0.15, -0.1) is 0 Å². The molecule has 13 heavy (non-hydrogen) atoms. The van der Waals surface area contributed by atoms with Crippen LogP contribution < -0.4 is 0 Å². The fourth-order valence-electron chi connectivity index (χ4n) is 2.49. The molecular weight excluding hydrogens is 168 g/mol. The normalized spacial score (nSPS) is 38.9. The third kappa shape index (κ3) is 2.08. The van der Waals surface area contributed by atoms with Crippen molar-refractivity contribution >= 4 is 12.3 Å². The minimum Gasteiger partial charge on any atom is -0.481 e. The van der Waals surface area contributed by atoms with Crippen LogP contribution in [0.5, 0.6) is 0 Å². The van der Waals surface area contributed by atoms with E-state index in [-0.39, 0.29) is 18.3 Å². The molecule has 0 bridgehead atoms. The molecule has 1 aliphatic rings. The number of aliphatic carboxylic acids is 1. The SMILES string of the molecule is CC1CC(C)C(CC(=O)O)C1C=O. The van der Waals surface area contributed by atoms with Crippen LogP contribution in [0.25, 0.3) is 0 Å². The van der Waals surface area contributed by atoms with Gasteiger partial charge in [-0.2, -0.15) is 0 Å². The van der Waals surface area contributed by atoms with Gasteiger partial charge in [-0.05, 0) is 24.2 Å². The van der Waals surface area contributed by atoms with Crippen molar-refractivity contribution in [3.05, 3.63) is 0 Å². The summed E-state index contributed by atoms with van der Waals surface area (Å²) >= 11 is 0. The minimum absolute atomic E-state index is 0.0463. The number of hydrogen-bond donors (Lipinski definition) is 1. The molecule has 3 heteroatoms. The van der Waals surface area contributed by atoms with E-state index in [0.717, 1.165) is 12.7 Å². The zero-order valence-corrected chi connectivity index (χ0v) is 8.06. The lowest BCUT2D eigenvalue weighted by atomic mass is 9.86. The number of carbonyl (C=O) groups excluding carboxylic acids is 1. The number of rotatable bonds is 3. The second kappa shape index (κ2) is 3.90. The van der Waals surface area contributed by atoms with Crippen LogP contribution in [0, 0.1) is 23.7 Å². The highest BCUT2D eigenvalue weighted by atomic mass is 16.4. The molecular formula is C10H16O3. The molecule has 0 heterocycles. The van der Waals surface area contributed by atoms with Gasteiger partial charge in [0.2, 0.25) is 0 Å². The molecule has 0 saturated heterocycles. The Balaban J connectivity index is 2.68. The van der Waals surface area contributed by atoms with Crippen LogP contribution in [-0.4, -0.2) is 17.4 Å². The molecule has 0 aliphatic heterocycles. The van der Waals surface area contributed by atoms with E-state index in [0.29, 0.717) is 11.8 Å². The van der Waals surface area contributed by atoms with Gasteiger partial charge in [0.05, 0.1) is 0 Å². The van der Waals surface area contributed by atoms with E-state index in [9.17, 15) is 9.59 Å². The van der Waals surface area contributed by atoms with Crippen molar-refractivity contribution in [3.63, 3.8) is 0 Å². The van der Waals surface area contributed by atoms with Gasteiger partial charge < -0.3 is 9.90 Å². The summed E-state index contributed by atoms with van der Waals surface area (Å²) in [5.74, 6) is -0.0907. The molecule has 0 aromatic heterocycles. The van der Waals surface area contributed by atoms with Gasteiger partial charge in [0.1, 0.15) is 6.29 Å². The molecule has 0 amide bonds. The zero-order chi connectivity index (χ0) is 10.0. The summed E-state index contributed by atoms with van der Waals surface area (Å²) in [5.41, 5.74) is 0. The minimum atomic E-state index is -0.794. The Hall–Kier alpha value is -0.860. The van der Waals surface area contributed by atoms with Crippen molar-refractivity contribution in [3.8, 4) is 0 Å². The summed E-state index contributed by atoms with van der Waals surface area (Å²) in [5, 5.41) is 8.68. The van der Waals surface area contributed by atoms with E-state index in [4.69, 9.17) is 5.11 Å². The molecule has 1 N–H and O–H groups in total. The van der Waals surface area contributed by atoms with Crippen LogP contribution in [0.2, 0.25) is 0 Å². The van der Waals surface area contributed by atoms with Gasteiger partial charge in [-0.25, -0.2) is 0 Å². The van der Waals surface area contributed by atoms with Gasteiger partial charge in [0.25, 0.3) is 0 Å². The highest BCUT2D eigenvalue weighted by Gasteiger charge is 2.39. The number of hydrogen-bond acceptors (Lipinski definition) is 2. The van der Waals surface area contributed by atoms with E-state index in [1.54, 1.807) is 0 Å². The number of carboxylic acid groups (broad SMARTS) is 1. The third-order valence-electron chi connectivity index (χ3n) is 3.19. The smallest absolute Gasteiger partial charge is 0.303 e. The molecule has 0 spiro atoms. The topological polar surface area (TPSA) is 54.4 Å². The third-order valence-corrected chi connectivity index (χ3v) is 3.19. The molecule has 1 rings (SSSR count). The van der Waals surface area contributed by atoms with Crippen molar-refractivity contribution in [1.29, 1.82) is 0 Å². The maximum atomic E-state index is 10.8. The first kappa shape index (κ1) is 10.2. The lowest BCUT2D eigenvalue weighted by molar-refractivity contribution is -0.138. The summed E-state index contributed by atoms with van der Waals surface area (Å²) in [7, 11) is 0. The Morgan fingerprint density at radius 1 is 1.46 bits per heavy atom. The monoisotopic (exact) mass is 184 g/mol. The average molecular weight is 184 g/mol. The van der Waals surface area contributed by atoms with E-state index >= 15 is 0 Å². The Labute approximate surface area is 78.1 Å². The summed E-state index contributed by atoms with van der Waals surface area (Å²) in [6.07, 6.45) is 2.04. The summed E-state index contributed by atoms with van der Waals surface area (Å²) in [6.45, 7) is 4.06. The first-order valence-electron chi connectivity index (χ1n) is 4.73. The predicted octanol–water partition coefficient (Wildman–Crippen LogP) is 1.57. The highest BCUT2D eigenvalue weighted by Crippen LogP contribution is 2.41. The molecule has 74 valence electrons. The summed E-state index contributed by atoms with van der Waals surface area (Å²) in [4.78, 5) is 21.3. The number of aldehydes is 1. The van der Waals surface area contributed by atoms with Crippen molar-refractivity contribution in [1.82, 2.24) is 0 Å². The molecule has 0 aromatic carbocycles. The second-order valence-electron chi connectivity index (χ2n) is 4.17. The van der Waals surface area contributed by atoms with E-state index < -0.39 is 5.97 Å². The van der Waals surface area contributed by atoms with Gasteiger partial charge in [-0.1, -0.05) is 13.8 Å². The molecule has 3 nitrogen and oxygen atoms in total. The van der Waals surface area contributed by atoms with Gasteiger partial charge in [0.15, 0.2) is 0 Å². The fourth-order valence-corrected chi connectivity index (χ4v) is 2.49. The maximum Gasteiger partial charge on any atom is 0.303 e. The molecule has 4 atom stereocenters. The van der Waals surface area contributed by atoms with Crippen LogP contribution in [0.3, 0.4) is 0 Å². The van der Waals surface area contributed by atoms with Crippen LogP contribution >= 0.6 is 0 Å². The van der Waals surface area contributed by atoms with Crippen LogP contribution in [0.4, 0.5) is 0 Å². The lowest BCUT2D eigenvalue weighted by Gasteiger charge is -2.17. The first-order valence-corrected chi connectivity index (χ1v) is 4.73. The molecule has 0 radical (unpaired) electrons. The molecule has 4 unspecified atom stereocenters. The lowest BCUT2D eigenvalue weighted by Crippen LogP contribution is -2.20. The second-order valence-corrected chi connectivity index (χ2v) is 4.17. The number of carboxylic acids is 1. The molecule has 1 saturated carbocycles. The maximum absolute atomic E-state index is 10.8. The number of carbonyl (C=O) groups is 2. The Bertz CT molecular complexity index is 212. The quantitative estimate of drug-likeness (QED) is 0.677. The van der Waals surface area contributed by atoms with E-state index in [2.05, 4.69) is 0 Å². The van der Waals surface area contributed by atoms with E-state index in [1.165, 1.54) is 0 Å². The van der Waals surface area contributed by atoms with Crippen molar-refractivity contribution < 1.29 is 14.7 Å². The summed E-state index contributed by atoms with van der Waals surface area (Å²) < 4.78 is 0. The van der Waals surface area contributed by atoms with Crippen molar-refractivity contribution in [2.75, 3.05) is 0 Å². The Kier molecular flexibility index (Phi) is 3.07. The first-order chi connectivity index (χ1) is 6.06. The summed E-state index contributed by atoms with van der Waals surface area (Å²) in [6, 6.07) is 0. The predicted molar refractivity (Wildman–Crippen MR) is 48.2 cm³/mol. The van der Waals surface area contributed by atoms with E-state index in [1.807, 2.05) is 13.8 Å². The Morgan fingerprint density at radius 2 is 2.08 bits per heavy atom. The van der Waals surface area contributed by atoms with Crippen LogP contribution in [0.15, 0.2) is 0 Å². The largest absolute Gasteiger partial charge is 0.481 e. The molecule has 0 aromatic rings. The van der Waals surface area contributed by atoms with Crippen molar-refractivity contribution in [2.45, 2.75) is 26.7 Å². The highest BCUT2D eigenvalue weighted by molar-refractivity contribution is 5.68. The van der Waals surface area contributed by atoms with Gasteiger partial charge in [0, 0.05) is 12.3 Å². The van der Waals surface area contributed by atoms with Crippen LogP contribution in [0.1, 0.15) is 26.7 Å². The zero-order valence-electron chi connectivity index (χ0n) is 8.06. The fraction of sp³-hybridized carbons (Fsp3) is 0.800. The standard InChI is InChI=1S/C10H16O3/c1-6-3-7(2)9(5-11)8(6)4-10(12)13/h5-9H,3-4H2,1-2H3,(H,12,13).